The second kappa shape index (κ2) is 9.93. The van der Waals surface area contributed by atoms with Crippen LogP contribution in [0.4, 0.5) is 22.9 Å². The third-order valence-corrected chi connectivity index (χ3v) is 6.21. The number of benzene rings is 2. The molecule has 4 aromatic rings. The van der Waals surface area contributed by atoms with Crippen LogP contribution in [0.15, 0.2) is 66.9 Å². The quantitative estimate of drug-likeness (QED) is 0.318. The molecule has 3 heterocycles. The molecule has 174 valence electrons. The number of likely N-dealkylation sites (tertiary alicyclic amines) is 1. The fraction of sp³-hybridized carbons (Fsp3) is 0.269. The molecule has 1 atom stereocenters. The number of hydrogen-bond acceptors (Lipinski definition) is 6. The molecule has 8 nitrogen and oxygen atoms in total. The summed E-state index contributed by atoms with van der Waals surface area (Å²) in [4.78, 5) is 19.4. The van der Waals surface area contributed by atoms with E-state index in [1.807, 2.05) is 60.7 Å². The number of H-pyrrole nitrogens is 1. The Balaban J connectivity index is 1.32. The third-order valence-electron chi connectivity index (χ3n) is 6.21. The van der Waals surface area contributed by atoms with Gasteiger partial charge in [-0.05, 0) is 68.4 Å². The standard InChI is InChI=1S/C26H29N7O/c1-2-33-16-6-9-21(17-33)29-25-23-22(14-15-27-24(23)31-32-25)28-20-12-10-18(11-13-20)26(34)30-19-7-4-3-5-8-19/h3-5,7-8,10-15,21H,2,6,9,16-17H2,1H3,(H,30,34)(H3,27,28,29,31,32). The summed E-state index contributed by atoms with van der Waals surface area (Å²) in [6.07, 6.45) is 4.07. The van der Waals surface area contributed by atoms with Gasteiger partial charge < -0.3 is 20.9 Å². The molecule has 2 aromatic heterocycles. The largest absolute Gasteiger partial charge is 0.364 e. The average molecular weight is 456 g/mol. The third kappa shape index (κ3) is 4.87. The first kappa shape index (κ1) is 21.9. The molecule has 2 aromatic carbocycles. The highest BCUT2D eigenvalue weighted by atomic mass is 16.1. The van der Waals surface area contributed by atoms with Crippen molar-refractivity contribution in [2.75, 3.05) is 35.6 Å². The van der Waals surface area contributed by atoms with Gasteiger partial charge in [0.05, 0.1) is 11.1 Å². The smallest absolute Gasteiger partial charge is 0.255 e. The number of nitrogens with one attached hydrogen (secondary N) is 4. The Morgan fingerprint density at radius 1 is 1.09 bits per heavy atom. The van der Waals surface area contributed by atoms with E-state index < -0.39 is 0 Å². The molecule has 0 radical (unpaired) electrons. The van der Waals surface area contributed by atoms with Crippen molar-refractivity contribution in [1.82, 2.24) is 20.1 Å². The van der Waals surface area contributed by atoms with Gasteiger partial charge in [-0.15, -0.1) is 0 Å². The van der Waals surface area contributed by atoms with Gasteiger partial charge in [0.25, 0.3) is 5.91 Å². The van der Waals surface area contributed by atoms with Crippen molar-refractivity contribution < 1.29 is 4.79 Å². The van der Waals surface area contributed by atoms with Crippen molar-refractivity contribution in [3.8, 4) is 0 Å². The van der Waals surface area contributed by atoms with Crippen LogP contribution < -0.4 is 16.0 Å². The van der Waals surface area contributed by atoms with Crippen LogP contribution in [0.2, 0.25) is 0 Å². The molecule has 0 bridgehead atoms. The molecule has 1 amide bonds. The normalized spacial score (nSPS) is 16.3. The zero-order valence-electron chi connectivity index (χ0n) is 19.2. The predicted molar refractivity (Wildman–Crippen MR) is 137 cm³/mol. The van der Waals surface area contributed by atoms with Crippen LogP contribution in [0, 0.1) is 0 Å². The Bertz CT molecular complexity index is 1250. The van der Waals surface area contributed by atoms with Crippen LogP contribution in [0.3, 0.4) is 0 Å². The van der Waals surface area contributed by atoms with E-state index in [-0.39, 0.29) is 5.91 Å². The lowest BCUT2D eigenvalue weighted by molar-refractivity contribution is 0.102. The average Bonchev–Trinajstić information content (AvgIpc) is 3.29. The van der Waals surface area contributed by atoms with Gasteiger partial charge in [-0.2, -0.15) is 5.10 Å². The summed E-state index contributed by atoms with van der Waals surface area (Å²) < 4.78 is 0. The maximum absolute atomic E-state index is 12.5. The highest BCUT2D eigenvalue weighted by Crippen LogP contribution is 2.31. The Labute approximate surface area is 198 Å². The Hall–Kier alpha value is -3.91. The lowest BCUT2D eigenvalue weighted by atomic mass is 10.1. The number of para-hydroxylation sites is 1. The first-order chi connectivity index (χ1) is 16.7. The van der Waals surface area contributed by atoms with E-state index in [0.717, 1.165) is 60.0 Å². The van der Waals surface area contributed by atoms with E-state index in [0.29, 0.717) is 11.6 Å². The van der Waals surface area contributed by atoms with Gasteiger partial charge in [0.15, 0.2) is 11.5 Å². The van der Waals surface area contributed by atoms with Gasteiger partial charge in [-0.1, -0.05) is 25.1 Å². The fourth-order valence-corrected chi connectivity index (χ4v) is 4.40. The maximum Gasteiger partial charge on any atom is 0.255 e. The topological polar surface area (TPSA) is 98.0 Å². The number of amides is 1. The summed E-state index contributed by atoms with van der Waals surface area (Å²) in [5.41, 5.74) is 3.89. The number of rotatable bonds is 7. The van der Waals surface area contributed by atoms with E-state index in [1.165, 1.54) is 6.42 Å². The molecular weight excluding hydrogens is 426 g/mol. The van der Waals surface area contributed by atoms with E-state index in [4.69, 9.17) is 0 Å². The maximum atomic E-state index is 12.5. The molecule has 1 fully saturated rings. The van der Waals surface area contributed by atoms with Gasteiger partial charge in [0.2, 0.25) is 0 Å². The Morgan fingerprint density at radius 2 is 1.91 bits per heavy atom. The number of pyridine rings is 1. The molecule has 1 aliphatic rings. The van der Waals surface area contributed by atoms with Gasteiger partial charge in [0.1, 0.15) is 0 Å². The van der Waals surface area contributed by atoms with Crippen LogP contribution in [-0.2, 0) is 0 Å². The predicted octanol–water partition coefficient (Wildman–Crippen LogP) is 4.85. The first-order valence-electron chi connectivity index (χ1n) is 11.7. The van der Waals surface area contributed by atoms with Gasteiger partial charge in [-0.25, -0.2) is 4.98 Å². The minimum Gasteiger partial charge on any atom is -0.364 e. The number of anilines is 4. The molecule has 1 aliphatic heterocycles. The second-order valence-electron chi connectivity index (χ2n) is 8.55. The summed E-state index contributed by atoms with van der Waals surface area (Å²) in [6.45, 7) is 5.44. The molecule has 0 saturated carbocycles. The number of fused-ring (bicyclic) bond motifs is 1. The number of hydrogen-bond donors (Lipinski definition) is 4. The molecular formula is C26H29N7O. The highest BCUT2D eigenvalue weighted by Gasteiger charge is 2.21. The van der Waals surface area contributed by atoms with Crippen molar-refractivity contribution in [2.24, 2.45) is 0 Å². The summed E-state index contributed by atoms with van der Waals surface area (Å²) in [5, 5.41) is 18.5. The van der Waals surface area contributed by atoms with Gasteiger partial charge in [-0.3, -0.25) is 9.89 Å². The molecule has 0 aliphatic carbocycles. The molecule has 4 N–H and O–H groups in total. The molecule has 34 heavy (non-hydrogen) atoms. The number of aromatic amines is 1. The van der Waals surface area contributed by atoms with Crippen LogP contribution >= 0.6 is 0 Å². The molecule has 1 saturated heterocycles. The van der Waals surface area contributed by atoms with Crippen LogP contribution in [0.25, 0.3) is 11.0 Å². The van der Waals surface area contributed by atoms with E-state index in [9.17, 15) is 4.79 Å². The number of carbonyl (C=O) groups is 1. The summed E-state index contributed by atoms with van der Waals surface area (Å²) >= 11 is 0. The molecule has 5 rings (SSSR count). The highest BCUT2D eigenvalue weighted by molar-refractivity contribution is 6.04. The molecule has 0 spiro atoms. The van der Waals surface area contributed by atoms with Gasteiger partial charge >= 0.3 is 0 Å². The van der Waals surface area contributed by atoms with Gasteiger partial charge in [0, 0.05) is 35.7 Å². The van der Waals surface area contributed by atoms with Crippen LogP contribution in [0.1, 0.15) is 30.1 Å². The van der Waals surface area contributed by atoms with E-state index in [2.05, 4.69) is 43.0 Å². The fourth-order valence-electron chi connectivity index (χ4n) is 4.40. The molecule has 8 heteroatoms. The number of likely N-dealkylation sites (N-methyl/N-ethyl adjacent to an activating group) is 1. The van der Waals surface area contributed by atoms with E-state index in [1.54, 1.807) is 6.20 Å². The Kier molecular flexibility index (Phi) is 6.40. The second-order valence-corrected chi connectivity index (χ2v) is 8.55. The minimum absolute atomic E-state index is 0.140. The van der Waals surface area contributed by atoms with Crippen molar-refractivity contribution in [3.05, 3.63) is 72.4 Å². The SMILES string of the molecule is CCN1CCCC(Nc2n[nH]c3nccc(Nc4ccc(C(=O)Nc5ccccc5)cc4)c23)C1. The summed E-state index contributed by atoms with van der Waals surface area (Å²) in [5.74, 6) is 0.673. The number of carbonyl (C=O) groups excluding carboxylic acids is 1. The minimum atomic E-state index is -0.140. The summed E-state index contributed by atoms with van der Waals surface area (Å²) in [6, 6.07) is 19.2. The summed E-state index contributed by atoms with van der Waals surface area (Å²) in [7, 11) is 0. The van der Waals surface area contributed by atoms with Crippen molar-refractivity contribution in [2.45, 2.75) is 25.8 Å². The Morgan fingerprint density at radius 3 is 2.71 bits per heavy atom. The number of aromatic nitrogens is 3. The van der Waals surface area contributed by atoms with Crippen LogP contribution in [0.5, 0.6) is 0 Å². The monoisotopic (exact) mass is 455 g/mol. The zero-order chi connectivity index (χ0) is 23.3. The molecule has 1 unspecified atom stereocenters. The van der Waals surface area contributed by atoms with Crippen molar-refractivity contribution in [1.29, 1.82) is 0 Å². The van der Waals surface area contributed by atoms with Crippen molar-refractivity contribution >= 4 is 39.8 Å². The van der Waals surface area contributed by atoms with Crippen LogP contribution in [-0.4, -0.2) is 51.7 Å². The van der Waals surface area contributed by atoms with Crippen molar-refractivity contribution in [3.63, 3.8) is 0 Å². The zero-order valence-corrected chi connectivity index (χ0v) is 19.2. The lowest BCUT2D eigenvalue weighted by Crippen LogP contribution is -2.41. The lowest BCUT2D eigenvalue weighted by Gasteiger charge is -2.32. The number of piperidine rings is 1. The first-order valence-corrected chi connectivity index (χ1v) is 11.7. The van der Waals surface area contributed by atoms with E-state index >= 15 is 0 Å². The number of nitrogens with zero attached hydrogens (tertiary/aromatic N) is 3.